The second-order valence-electron chi connectivity index (χ2n) is 2.35. The van der Waals surface area contributed by atoms with Crippen molar-refractivity contribution in [1.82, 2.24) is 0 Å². The monoisotopic (exact) mass is 174 g/mol. The Balaban J connectivity index is 3.60. The molecular formula is C8H14S2. The summed E-state index contributed by atoms with van der Waals surface area (Å²) in [6, 6.07) is 0. The van der Waals surface area contributed by atoms with Gasteiger partial charge in [-0.3, -0.25) is 0 Å². The van der Waals surface area contributed by atoms with Gasteiger partial charge in [-0.1, -0.05) is 51.1 Å². The topological polar surface area (TPSA) is 0 Å². The van der Waals surface area contributed by atoms with Crippen LogP contribution in [0.1, 0.15) is 39.5 Å². The van der Waals surface area contributed by atoms with E-state index in [4.69, 9.17) is 24.4 Å². The van der Waals surface area contributed by atoms with Crippen LogP contribution >= 0.6 is 24.4 Å². The van der Waals surface area contributed by atoms with E-state index in [0.717, 1.165) is 35.4 Å². The molecule has 0 N–H and O–H groups in total. The summed E-state index contributed by atoms with van der Waals surface area (Å²) < 4.78 is 0. The molecule has 0 aliphatic carbocycles. The molecule has 0 atom stereocenters. The number of hydrogen-bond acceptors (Lipinski definition) is 2. The van der Waals surface area contributed by atoms with Gasteiger partial charge in [0.25, 0.3) is 0 Å². The molecule has 0 bridgehead atoms. The molecule has 0 saturated carbocycles. The minimum absolute atomic E-state index is 0.994. The zero-order valence-corrected chi connectivity index (χ0v) is 8.28. The van der Waals surface area contributed by atoms with E-state index in [0.29, 0.717) is 0 Å². The fourth-order valence-electron chi connectivity index (χ4n) is 0.733. The Labute approximate surface area is 74.0 Å². The quantitative estimate of drug-likeness (QED) is 0.586. The molecule has 0 aliphatic rings. The average molecular weight is 174 g/mol. The lowest BCUT2D eigenvalue weighted by Gasteiger charge is -2.00. The number of rotatable bonds is 5. The maximum Gasteiger partial charge on any atom is 0.0291 e. The van der Waals surface area contributed by atoms with Gasteiger partial charge in [-0.05, 0) is 12.8 Å². The van der Waals surface area contributed by atoms with Gasteiger partial charge in [-0.2, -0.15) is 0 Å². The number of hydrogen-bond donors (Lipinski definition) is 0. The van der Waals surface area contributed by atoms with Gasteiger partial charge in [0, 0.05) is 9.73 Å². The predicted octanol–water partition coefficient (Wildman–Crippen LogP) is 3.33. The highest BCUT2D eigenvalue weighted by molar-refractivity contribution is 7.89. The Kier molecular flexibility index (Phi) is 6.03. The number of thiocarbonyl (C=S) groups is 2. The summed E-state index contributed by atoms with van der Waals surface area (Å²) in [5.41, 5.74) is 0. The van der Waals surface area contributed by atoms with Gasteiger partial charge < -0.3 is 0 Å². The molecule has 10 heavy (non-hydrogen) atoms. The Bertz CT molecular complexity index is 111. The highest BCUT2D eigenvalue weighted by Crippen LogP contribution is 2.01. The van der Waals surface area contributed by atoms with Crippen LogP contribution in [-0.4, -0.2) is 9.73 Å². The molecule has 0 unspecified atom stereocenters. The molecule has 0 nitrogen and oxygen atoms in total. The molecule has 0 rings (SSSR count). The molecule has 0 aromatic heterocycles. The standard InChI is InChI=1S/C8H14S2/c1-3-5-7(9)8(10)6-4-2/h3-6H2,1-2H3. The fraction of sp³-hybridized carbons (Fsp3) is 0.750. The van der Waals surface area contributed by atoms with E-state index < -0.39 is 0 Å². The zero-order chi connectivity index (χ0) is 7.98. The first-order valence-electron chi connectivity index (χ1n) is 3.78. The zero-order valence-electron chi connectivity index (χ0n) is 6.64. The highest BCUT2D eigenvalue weighted by Gasteiger charge is 2.00. The SMILES string of the molecule is CCCC(=S)C(=S)CCC. The summed E-state index contributed by atoms with van der Waals surface area (Å²) in [5, 5.41) is 0. The largest absolute Gasteiger partial charge is 0.0837 e. The summed E-state index contributed by atoms with van der Waals surface area (Å²) in [4.78, 5) is 2.00. The third-order valence-electron chi connectivity index (χ3n) is 1.27. The van der Waals surface area contributed by atoms with Crippen LogP contribution in [0.25, 0.3) is 0 Å². The Morgan fingerprint density at radius 2 is 1.20 bits per heavy atom. The Morgan fingerprint density at radius 1 is 0.900 bits per heavy atom. The molecule has 0 aromatic carbocycles. The lowest BCUT2D eigenvalue weighted by molar-refractivity contribution is 0.990. The first-order chi connectivity index (χ1) is 4.72. The molecular weight excluding hydrogens is 160 g/mol. The summed E-state index contributed by atoms with van der Waals surface area (Å²) in [6.45, 7) is 4.25. The summed E-state index contributed by atoms with van der Waals surface area (Å²) >= 11 is 10.2. The highest BCUT2D eigenvalue weighted by atomic mass is 32.1. The van der Waals surface area contributed by atoms with Crippen LogP contribution in [0.3, 0.4) is 0 Å². The van der Waals surface area contributed by atoms with E-state index in [1.165, 1.54) is 0 Å². The maximum atomic E-state index is 5.10. The average Bonchev–Trinajstić information content (AvgIpc) is 1.89. The Morgan fingerprint density at radius 3 is 1.40 bits per heavy atom. The smallest absolute Gasteiger partial charge is 0.0291 e. The molecule has 0 saturated heterocycles. The van der Waals surface area contributed by atoms with E-state index in [1.807, 2.05) is 0 Å². The molecule has 0 fully saturated rings. The van der Waals surface area contributed by atoms with Crippen molar-refractivity contribution in [3.8, 4) is 0 Å². The maximum absolute atomic E-state index is 5.10. The van der Waals surface area contributed by atoms with Gasteiger partial charge in [-0.25, -0.2) is 0 Å². The first kappa shape index (κ1) is 10.2. The van der Waals surface area contributed by atoms with Crippen LogP contribution in [-0.2, 0) is 0 Å². The van der Waals surface area contributed by atoms with Crippen LogP contribution < -0.4 is 0 Å². The predicted molar refractivity (Wildman–Crippen MR) is 55.0 cm³/mol. The second kappa shape index (κ2) is 5.93. The molecule has 0 heterocycles. The van der Waals surface area contributed by atoms with Crippen molar-refractivity contribution in [3.63, 3.8) is 0 Å². The summed E-state index contributed by atoms with van der Waals surface area (Å²) in [7, 11) is 0. The lowest BCUT2D eigenvalue weighted by atomic mass is 10.1. The molecule has 0 aliphatic heterocycles. The lowest BCUT2D eigenvalue weighted by Crippen LogP contribution is -2.07. The minimum atomic E-state index is 0.994. The van der Waals surface area contributed by atoms with Crippen molar-refractivity contribution >= 4 is 34.2 Å². The molecule has 0 radical (unpaired) electrons. The van der Waals surface area contributed by atoms with Gasteiger partial charge in [0.1, 0.15) is 0 Å². The van der Waals surface area contributed by atoms with Crippen molar-refractivity contribution in [3.05, 3.63) is 0 Å². The van der Waals surface area contributed by atoms with Crippen molar-refractivity contribution < 1.29 is 0 Å². The van der Waals surface area contributed by atoms with Crippen molar-refractivity contribution in [1.29, 1.82) is 0 Å². The molecule has 0 amide bonds. The van der Waals surface area contributed by atoms with Crippen molar-refractivity contribution in [2.24, 2.45) is 0 Å². The Hall–Kier alpha value is 0.180. The van der Waals surface area contributed by atoms with Crippen LogP contribution in [0, 0.1) is 0 Å². The van der Waals surface area contributed by atoms with Gasteiger partial charge in [0.15, 0.2) is 0 Å². The first-order valence-corrected chi connectivity index (χ1v) is 4.60. The summed E-state index contributed by atoms with van der Waals surface area (Å²) in [6.07, 6.45) is 4.22. The van der Waals surface area contributed by atoms with Crippen LogP contribution in [0.2, 0.25) is 0 Å². The van der Waals surface area contributed by atoms with E-state index in [-0.39, 0.29) is 0 Å². The van der Waals surface area contributed by atoms with E-state index in [1.54, 1.807) is 0 Å². The van der Waals surface area contributed by atoms with Crippen molar-refractivity contribution in [2.75, 3.05) is 0 Å². The van der Waals surface area contributed by atoms with E-state index >= 15 is 0 Å². The van der Waals surface area contributed by atoms with E-state index in [9.17, 15) is 0 Å². The van der Waals surface area contributed by atoms with E-state index in [2.05, 4.69) is 13.8 Å². The van der Waals surface area contributed by atoms with Gasteiger partial charge >= 0.3 is 0 Å². The van der Waals surface area contributed by atoms with Gasteiger partial charge in [0.2, 0.25) is 0 Å². The third-order valence-corrected chi connectivity index (χ3v) is 2.30. The molecule has 0 spiro atoms. The second-order valence-corrected chi connectivity index (χ2v) is 3.33. The molecule has 0 aromatic rings. The van der Waals surface area contributed by atoms with Crippen LogP contribution in [0.15, 0.2) is 0 Å². The minimum Gasteiger partial charge on any atom is -0.0837 e. The van der Waals surface area contributed by atoms with Gasteiger partial charge in [-0.15, -0.1) is 0 Å². The van der Waals surface area contributed by atoms with Gasteiger partial charge in [0.05, 0.1) is 0 Å². The van der Waals surface area contributed by atoms with Crippen LogP contribution in [0.5, 0.6) is 0 Å². The fourth-order valence-corrected chi connectivity index (χ4v) is 1.35. The third kappa shape index (κ3) is 4.07. The van der Waals surface area contributed by atoms with Crippen LogP contribution in [0.4, 0.5) is 0 Å². The summed E-state index contributed by atoms with van der Waals surface area (Å²) in [5.74, 6) is 0. The molecule has 2 heteroatoms. The normalized spacial score (nSPS) is 9.40. The van der Waals surface area contributed by atoms with Crippen molar-refractivity contribution in [2.45, 2.75) is 39.5 Å². The molecule has 58 valence electrons.